The third kappa shape index (κ3) is 5.71. The molecular weight excluding hydrogens is 398 g/mol. The van der Waals surface area contributed by atoms with Gasteiger partial charge in [0, 0.05) is 23.6 Å². The summed E-state index contributed by atoms with van der Waals surface area (Å²) < 4.78 is 15.6. The summed E-state index contributed by atoms with van der Waals surface area (Å²) in [6.45, 7) is 1.92. The van der Waals surface area contributed by atoms with Crippen LogP contribution in [0, 0.1) is 0 Å². The first-order chi connectivity index (χ1) is 13.9. The van der Waals surface area contributed by atoms with Gasteiger partial charge in [-0.1, -0.05) is 17.7 Å². The van der Waals surface area contributed by atoms with Gasteiger partial charge in [0.2, 0.25) is 6.79 Å². The number of benzene rings is 2. The molecule has 1 heterocycles. The molecule has 0 radical (unpaired) electrons. The van der Waals surface area contributed by atoms with E-state index < -0.39 is 18.0 Å². The number of esters is 1. The maximum Gasteiger partial charge on any atom is 0.307 e. The zero-order valence-corrected chi connectivity index (χ0v) is 16.5. The second kappa shape index (κ2) is 9.43. The normalized spacial score (nSPS) is 12.9. The molecule has 0 aliphatic carbocycles. The number of carbonyl (C=O) groups is 3. The van der Waals surface area contributed by atoms with Gasteiger partial charge in [0.1, 0.15) is 0 Å². The molecule has 1 aliphatic heterocycles. The molecular formula is C21H20ClNO6. The van der Waals surface area contributed by atoms with E-state index in [1.54, 1.807) is 36.4 Å². The molecule has 152 valence electrons. The highest BCUT2D eigenvalue weighted by Crippen LogP contribution is 2.32. The Bertz CT molecular complexity index is 912. The van der Waals surface area contributed by atoms with E-state index in [0.29, 0.717) is 22.1 Å². The Labute approximate surface area is 172 Å². The van der Waals surface area contributed by atoms with Crippen LogP contribution in [0.5, 0.6) is 11.5 Å². The minimum Gasteiger partial charge on any atom is -0.454 e. The average Bonchev–Trinajstić information content (AvgIpc) is 3.18. The van der Waals surface area contributed by atoms with Gasteiger partial charge in [-0.15, -0.1) is 0 Å². The number of rotatable bonds is 8. The number of ether oxygens (including phenoxy) is 3. The molecule has 0 bridgehead atoms. The SMILES string of the molecule is C[C@@H](OC(=O)CCC(=O)c1ccc(Cl)cc1)C(=O)NCc1ccc2c(c1)OCO2. The molecule has 0 spiro atoms. The van der Waals surface area contributed by atoms with Crippen molar-refractivity contribution < 1.29 is 28.6 Å². The van der Waals surface area contributed by atoms with Crippen molar-refractivity contribution in [3.63, 3.8) is 0 Å². The molecule has 7 nitrogen and oxygen atoms in total. The summed E-state index contributed by atoms with van der Waals surface area (Å²) in [5, 5.41) is 3.23. The standard InChI is InChI=1S/C21H20ClNO6/c1-13(21(26)23-11-14-2-8-18-19(10-14)28-12-27-18)29-20(25)9-7-17(24)15-3-5-16(22)6-4-15/h2-6,8,10,13H,7,9,11-12H2,1H3,(H,23,26)/t13-/m1/s1. The van der Waals surface area contributed by atoms with Crippen molar-refractivity contribution in [1.82, 2.24) is 5.32 Å². The van der Waals surface area contributed by atoms with Crippen molar-refractivity contribution in [3.05, 3.63) is 58.6 Å². The van der Waals surface area contributed by atoms with E-state index in [1.807, 2.05) is 6.07 Å². The van der Waals surface area contributed by atoms with E-state index in [0.717, 1.165) is 5.56 Å². The molecule has 2 aromatic carbocycles. The number of carbonyl (C=O) groups excluding carboxylic acids is 3. The van der Waals surface area contributed by atoms with Gasteiger partial charge in [0.05, 0.1) is 6.42 Å². The van der Waals surface area contributed by atoms with Crippen LogP contribution in [-0.4, -0.2) is 30.6 Å². The lowest BCUT2D eigenvalue weighted by Gasteiger charge is -2.13. The number of halogens is 1. The molecule has 3 rings (SSSR count). The van der Waals surface area contributed by atoms with Crippen molar-refractivity contribution >= 4 is 29.3 Å². The number of Topliss-reactive ketones (excluding diaryl/α,β-unsaturated/α-hetero) is 1. The summed E-state index contributed by atoms with van der Waals surface area (Å²) in [7, 11) is 0. The van der Waals surface area contributed by atoms with Crippen LogP contribution in [0.25, 0.3) is 0 Å². The topological polar surface area (TPSA) is 90.9 Å². The second-order valence-corrected chi connectivity index (χ2v) is 6.90. The van der Waals surface area contributed by atoms with Crippen molar-refractivity contribution in [1.29, 1.82) is 0 Å². The molecule has 1 atom stereocenters. The lowest BCUT2D eigenvalue weighted by Crippen LogP contribution is -2.35. The number of nitrogens with one attached hydrogen (secondary N) is 1. The summed E-state index contributed by atoms with van der Waals surface area (Å²) >= 11 is 5.79. The molecule has 0 fully saturated rings. The molecule has 1 aliphatic rings. The molecule has 0 saturated heterocycles. The first-order valence-electron chi connectivity index (χ1n) is 9.07. The zero-order chi connectivity index (χ0) is 20.8. The quantitative estimate of drug-likeness (QED) is 0.523. The Kier molecular flexibility index (Phi) is 6.72. The fourth-order valence-electron chi connectivity index (χ4n) is 2.69. The van der Waals surface area contributed by atoms with Gasteiger partial charge < -0.3 is 19.5 Å². The van der Waals surface area contributed by atoms with Crippen LogP contribution in [-0.2, 0) is 20.9 Å². The molecule has 0 saturated carbocycles. The summed E-state index contributed by atoms with van der Waals surface area (Å²) in [5.41, 5.74) is 1.30. The van der Waals surface area contributed by atoms with Crippen LogP contribution in [0.2, 0.25) is 5.02 Å². The van der Waals surface area contributed by atoms with Crippen LogP contribution in [0.3, 0.4) is 0 Å². The molecule has 1 N–H and O–H groups in total. The van der Waals surface area contributed by atoms with Crippen molar-refractivity contribution in [2.24, 2.45) is 0 Å². The van der Waals surface area contributed by atoms with E-state index in [2.05, 4.69) is 5.32 Å². The van der Waals surface area contributed by atoms with E-state index in [4.69, 9.17) is 25.8 Å². The Morgan fingerprint density at radius 2 is 1.79 bits per heavy atom. The lowest BCUT2D eigenvalue weighted by molar-refractivity contribution is -0.154. The highest BCUT2D eigenvalue weighted by Gasteiger charge is 2.19. The molecule has 0 unspecified atom stereocenters. The predicted molar refractivity (Wildman–Crippen MR) is 105 cm³/mol. The number of amides is 1. The van der Waals surface area contributed by atoms with E-state index >= 15 is 0 Å². The molecule has 2 aromatic rings. The predicted octanol–water partition coefficient (Wildman–Crippen LogP) is 3.28. The third-order valence-electron chi connectivity index (χ3n) is 4.30. The summed E-state index contributed by atoms with van der Waals surface area (Å²) in [4.78, 5) is 36.2. The first-order valence-corrected chi connectivity index (χ1v) is 9.44. The molecule has 0 aromatic heterocycles. The average molecular weight is 418 g/mol. The number of fused-ring (bicyclic) bond motifs is 1. The van der Waals surface area contributed by atoms with Crippen molar-refractivity contribution in [3.8, 4) is 11.5 Å². The number of hydrogen-bond acceptors (Lipinski definition) is 6. The van der Waals surface area contributed by atoms with Gasteiger partial charge in [-0.3, -0.25) is 14.4 Å². The van der Waals surface area contributed by atoms with Gasteiger partial charge in [-0.05, 0) is 48.9 Å². The van der Waals surface area contributed by atoms with Gasteiger partial charge in [0.15, 0.2) is 23.4 Å². The summed E-state index contributed by atoms with van der Waals surface area (Å²) in [6, 6.07) is 11.8. The van der Waals surface area contributed by atoms with Crippen LogP contribution in [0.1, 0.15) is 35.7 Å². The van der Waals surface area contributed by atoms with Crippen LogP contribution in [0.4, 0.5) is 0 Å². The monoisotopic (exact) mass is 417 g/mol. The van der Waals surface area contributed by atoms with Crippen LogP contribution in [0.15, 0.2) is 42.5 Å². The van der Waals surface area contributed by atoms with Crippen molar-refractivity contribution in [2.45, 2.75) is 32.4 Å². The van der Waals surface area contributed by atoms with Gasteiger partial charge in [-0.25, -0.2) is 0 Å². The van der Waals surface area contributed by atoms with E-state index in [9.17, 15) is 14.4 Å². The third-order valence-corrected chi connectivity index (χ3v) is 4.56. The zero-order valence-electron chi connectivity index (χ0n) is 15.8. The maximum atomic E-state index is 12.2. The largest absolute Gasteiger partial charge is 0.454 e. The van der Waals surface area contributed by atoms with Gasteiger partial charge >= 0.3 is 5.97 Å². The van der Waals surface area contributed by atoms with Gasteiger partial charge in [0.25, 0.3) is 5.91 Å². The maximum absolute atomic E-state index is 12.2. The fraction of sp³-hybridized carbons (Fsp3) is 0.286. The molecule has 8 heteroatoms. The minimum absolute atomic E-state index is 0.00794. The Morgan fingerprint density at radius 3 is 2.55 bits per heavy atom. The second-order valence-electron chi connectivity index (χ2n) is 6.47. The lowest BCUT2D eigenvalue weighted by atomic mass is 10.1. The van der Waals surface area contributed by atoms with Crippen molar-refractivity contribution in [2.75, 3.05) is 6.79 Å². The summed E-state index contributed by atoms with van der Waals surface area (Å²) in [5.74, 6) is 0.0497. The van der Waals surface area contributed by atoms with E-state index in [1.165, 1.54) is 6.92 Å². The highest BCUT2D eigenvalue weighted by molar-refractivity contribution is 6.30. The van der Waals surface area contributed by atoms with E-state index in [-0.39, 0.29) is 32.0 Å². The Balaban J connectivity index is 1.41. The minimum atomic E-state index is -0.970. The molecule has 1 amide bonds. The van der Waals surface area contributed by atoms with Crippen LogP contribution < -0.4 is 14.8 Å². The smallest absolute Gasteiger partial charge is 0.307 e. The first kappa shape index (κ1) is 20.7. The number of ketones is 1. The Hall–Kier alpha value is -3.06. The summed E-state index contributed by atoms with van der Waals surface area (Å²) in [6.07, 6.45) is -1.09. The fourth-order valence-corrected chi connectivity index (χ4v) is 2.82. The number of hydrogen-bond donors (Lipinski definition) is 1. The Morgan fingerprint density at radius 1 is 1.07 bits per heavy atom. The van der Waals surface area contributed by atoms with Crippen LogP contribution >= 0.6 is 11.6 Å². The van der Waals surface area contributed by atoms with Gasteiger partial charge in [-0.2, -0.15) is 0 Å². The highest BCUT2D eigenvalue weighted by atomic mass is 35.5. The molecule has 29 heavy (non-hydrogen) atoms.